The number of rotatable bonds is 7. The molecule has 0 amide bonds. The smallest absolute Gasteiger partial charge is 0.192 e. The molecule has 3 heteroatoms. The van der Waals surface area contributed by atoms with Crippen LogP contribution in [0.15, 0.2) is 54.7 Å². The van der Waals surface area contributed by atoms with Crippen LogP contribution in [-0.4, -0.2) is 6.04 Å². The fourth-order valence-corrected chi connectivity index (χ4v) is 2.24. The van der Waals surface area contributed by atoms with E-state index >= 15 is 0 Å². The number of benzene rings is 1. The molecule has 3 nitrogen and oxygen atoms in total. The maximum Gasteiger partial charge on any atom is 0.192 e. The highest BCUT2D eigenvalue weighted by molar-refractivity contribution is 5.14. The molecule has 1 aromatic carbocycles. The second kappa shape index (κ2) is 7.65. The quantitative estimate of drug-likeness (QED) is 0.620. The minimum absolute atomic E-state index is 0.457. The molecule has 1 aromatic heterocycles. The summed E-state index contributed by atoms with van der Waals surface area (Å²) in [5.74, 6) is 0. The van der Waals surface area contributed by atoms with E-state index in [-0.39, 0.29) is 0 Å². The Kier molecular flexibility index (Phi) is 5.56. The molecule has 0 radical (unpaired) electrons. The molecule has 106 valence electrons. The van der Waals surface area contributed by atoms with Gasteiger partial charge in [0.05, 0.1) is 0 Å². The lowest BCUT2D eigenvalue weighted by molar-refractivity contribution is -0.614. The first-order valence-corrected chi connectivity index (χ1v) is 7.20. The van der Waals surface area contributed by atoms with E-state index < -0.39 is 0 Å². The molecule has 0 fully saturated rings. The van der Waals surface area contributed by atoms with Crippen LogP contribution < -0.4 is 10.0 Å². The molecule has 1 heterocycles. The molecule has 2 aromatic rings. The summed E-state index contributed by atoms with van der Waals surface area (Å²) in [5.41, 5.74) is 2.16. The van der Waals surface area contributed by atoms with Crippen LogP contribution >= 0.6 is 0 Å². The van der Waals surface area contributed by atoms with Gasteiger partial charge in [-0.05, 0) is 25.3 Å². The van der Waals surface area contributed by atoms with Crippen molar-refractivity contribution in [2.24, 2.45) is 0 Å². The molecule has 2 rings (SSSR count). The lowest BCUT2D eigenvalue weighted by Gasteiger charge is -2.13. The predicted molar refractivity (Wildman–Crippen MR) is 81.1 cm³/mol. The number of hydrogen-bond donors (Lipinski definition) is 1. The Labute approximate surface area is 120 Å². The minimum Gasteiger partial charge on any atom is -0.619 e. The Morgan fingerprint density at radius 3 is 2.60 bits per heavy atom. The Morgan fingerprint density at radius 1 is 1.10 bits per heavy atom. The van der Waals surface area contributed by atoms with Gasteiger partial charge in [0.1, 0.15) is 0 Å². The molecule has 0 aliphatic rings. The fourth-order valence-electron chi connectivity index (χ4n) is 2.24. The normalized spacial score (nSPS) is 12.2. The van der Waals surface area contributed by atoms with Gasteiger partial charge < -0.3 is 10.5 Å². The van der Waals surface area contributed by atoms with E-state index in [4.69, 9.17) is 0 Å². The average molecular weight is 270 g/mol. The molecule has 0 spiro atoms. The molecule has 0 bridgehead atoms. The molecular formula is C17H22N2O. The summed E-state index contributed by atoms with van der Waals surface area (Å²) < 4.78 is 0.960. The van der Waals surface area contributed by atoms with Crippen molar-refractivity contribution >= 4 is 0 Å². The van der Waals surface area contributed by atoms with Crippen LogP contribution in [0.5, 0.6) is 0 Å². The Bertz CT molecular complexity index is 513. The standard InChI is InChI=1S/C17H22N2O/c1-15(18-14-16-9-3-2-4-10-16)8-7-12-17-11-5-6-13-19(17)20/h2-6,9-11,13,15,18H,7-8,12,14H2,1H3. The van der Waals surface area contributed by atoms with Gasteiger partial charge in [-0.15, -0.1) is 0 Å². The molecule has 0 saturated heterocycles. The zero-order chi connectivity index (χ0) is 14.2. The summed E-state index contributed by atoms with van der Waals surface area (Å²) in [6, 6.07) is 16.4. The van der Waals surface area contributed by atoms with Crippen LogP contribution in [0.25, 0.3) is 0 Å². The second-order valence-electron chi connectivity index (χ2n) is 5.18. The van der Waals surface area contributed by atoms with Crippen LogP contribution in [0, 0.1) is 5.21 Å². The van der Waals surface area contributed by atoms with Crippen molar-refractivity contribution in [3.8, 4) is 0 Å². The molecule has 1 unspecified atom stereocenters. The van der Waals surface area contributed by atoms with E-state index in [0.717, 1.165) is 36.2 Å². The predicted octanol–water partition coefficient (Wildman–Crippen LogP) is 2.82. The summed E-state index contributed by atoms with van der Waals surface area (Å²) in [6.45, 7) is 3.09. The van der Waals surface area contributed by atoms with E-state index in [1.54, 1.807) is 12.3 Å². The van der Waals surface area contributed by atoms with Crippen LogP contribution in [0.2, 0.25) is 0 Å². The summed E-state index contributed by atoms with van der Waals surface area (Å²) in [4.78, 5) is 0. The highest BCUT2D eigenvalue weighted by atomic mass is 16.5. The highest BCUT2D eigenvalue weighted by Gasteiger charge is 2.06. The zero-order valence-electron chi connectivity index (χ0n) is 12.0. The number of nitrogens with zero attached hydrogens (tertiary/aromatic N) is 1. The Hall–Kier alpha value is -1.87. The topological polar surface area (TPSA) is 39.0 Å². The van der Waals surface area contributed by atoms with Gasteiger partial charge in [-0.2, -0.15) is 4.73 Å². The summed E-state index contributed by atoms with van der Waals surface area (Å²) >= 11 is 0. The van der Waals surface area contributed by atoms with E-state index in [1.165, 1.54) is 5.56 Å². The lowest BCUT2D eigenvalue weighted by Crippen LogP contribution is -2.31. The van der Waals surface area contributed by atoms with Crippen molar-refractivity contribution in [3.05, 3.63) is 71.2 Å². The van der Waals surface area contributed by atoms with Crippen molar-refractivity contribution in [1.29, 1.82) is 0 Å². The first-order chi connectivity index (χ1) is 9.75. The number of aromatic nitrogens is 1. The fraction of sp³-hybridized carbons (Fsp3) is 0.353. The van der Waals surface area contributed by atoms with Crippen molar-refractivity contribution in [3.63, 3.8) is 0 Å². The maximum absolute atomic E-state index is 11.5. The number of hydrogen-bond acceptors (Lipinski definition) is 2. The molecule has 0 saturated carbocycles. The molecule has 0 aliphatic heterocycles. The highest BCUT2D eigenvalue weighted by Crippen LogP contribution is 2.04. The summed E-state index contributed by atoms with van der Waals surface area (Å²) in [7, 11) is 0. The third-order valence-electron chi connectivity index (χ3n) is 3.47. The number of nitrogens with one attached hydrogen (secondary N) is 1. The molecular weight excluding hydrogens is 248 g/mol. The second-order valence-corrected chi connectivity index (χ2v) is 5.18. The number of pyridine rings is 1. The monoisotopic (exact) mass is 270 g/mol. The average Bonchev–Trinajstić information content (AvgIpc) is 2.48. The molecule has 0 aliphatic carbocycles. The summed E-state index contributed by atoms with van der Waals surface area (Å²) in [5, 5.41) is 15.0. The maximum atomic E-state index is 11.5. The van der Waals surface area contributed by atoms with Gasteiger partial charge >= 0.3 is 0 Å². The van der Waals surface area contributed by atoms with Crippen molar-refractivity contribution in [2.45, 2.75) is 38.8 Å². The number of aryl methyl sites for hydroxylation is 1. The van der Waals surface area contributed by atoms with Crippen molar-refractivity contribution in [2.75, 3.05) is 0 Å². The molecule has 20 heavy (non-hydrogen) atoms. The van der Waals surface area contributed by atoms with Gasteiger partial charge in [0, 0.05) is 31.1 Å². The lowest BCUT2D eigenvalue weighted by atomic mass is 10.1. The van der Waals surface area contributed by atoms with Gasteiger partial charge in [0.15, 0.2) is 11.9 Å². The van der Waals surface area contributed by atoms with E-state index in [1.807, 2.05) is 18.2 Å². The van der Waals surface area contributed by atoms with Gasteiger partial charge in [-0.3, -0.25) is 0 Å². The SMILES string of the molecule is CC(CCCc1cccc[n+]1[O-])NCc1ccccc1. The van der Waals surface area contributed by atoms with Gasteiger partial charge in [0.2, 0.25) is 0 Å². The Morgan fingerprint density at radius 2 is 1.85 bits per heavy atom. The van der Waals surface area contributed by atoms with Crippen LogP contribution in [0.3, 0.4) is 0 Å². The minimum atomic E-state index is 0.457. The van der Waals surface area contributed by atoms with Crippen molar-refractivity contribution in [1.82, 2.24) is 5.32 Å². The van der Waals surface area contributed by atoms with Gasteiger partial charge in [-0.25, -0.2) is 0 Å². The van der Waals surface area contributed by atoms with Gasteiger partial charge in [0.25, 0.3) is 0 Å². The third-order valence-corrected chi connectivity index (χ3v) is 3.47. The van der Waals surface area contributed by atoms with Gasteiger partial charge in [-0.1, -0.05) is 36.4 Å². The first-order valence-electron chi connectivity index (χ1n) is 7.20. The Balaban J connectivity index is 1.68. The largest absolute Gasteiger partial charge is 0.619 e. The van der Waals surface area contributed by atoms with Crippen molar-refractivity contribution < 1.29 is 4.73 Å². The first kappa shape index (κ1) is 14.5. The van der Waals surface area contributed by atoms with E-state index in [2.05, 4.69) is 36.5 Å². The molecule has 1 N–H and O–H groups in total. The summed E-state index contributed by atoms with van der Waals surface area (Å²) in [6.07, 6.45) is 4.49. The van der Waals surface area contributed by atoms with Crippen LogP contribution in [0.4, 0.5) is 0 Å². The van der Waals surface area contributed by atoms with E-state index in [0.29, 0.717) is 6.04 Å². The van der Waals surface area contributed by atoms with E-state index in [9.17, 15) is 5.21 Å². The zero-order valence-corrected chi connectivity index (χ0v) is 12.0. The molecule has 1 atom stereocenters. The van der Waals surface area contributed by atoms with Crippen LogP contribution in [0.1, 0.15) is 31.0 Å². The van der Waals surface area contributed by atoms with Crippen LogP contribution in [-0.2, 0) is 13.0 Å². The third kappa shape index (κ3) is 4.67.